The van der Waals surface area contributed by atoms with Crippen LogP contribution in [0.5, 0.6) is 0 Å². The van der Waals surface area contributed by atoms with Gasteiger partial charge in [-0.15, -0.1) is 0 Å². The van der Waals surface area contributed by atoms with Crippen LogP contribution in [0.4, 0.5) is 8.78 Å². The van der Waals surface area contributed by atoms with E-state index in [1.54, 1.807) is 12.1 Å². The molecule has 0 amide bonds. The number of benzene rings is 2. The van der Waals surface area contributed by atoms with Gasteiger partial charge in [0.05, 0.1) is 5.39 Å². The molecule has 0 bridgehead atoms. The van der Waals surface area contributed by atoms with Crippen molar-refractivity contribution in [2.24, 2.45) is 17.8 Å². The minimum Gasteiger partial charge on any atom is -0.206 e. The van der Waals surface area contributed by atoms with Gasteiger partial charge >= 0.3 is 0 Å². The third-order valence-electron chi connectivity index (χ3n) is 7.56. The number of rotatable bonds is 6. The van der Waals surface area contributed by atoms with Gasteiger partial charge < -0.3 is 0 Å². The van der Waals surface area contributed by atoms with E-state index >= 15 is 0 Å². The Kier molecular flexibility index (Phi) is 6.33. The topological polar surface area (TPSA) is 0 Å². The van der Waals surface area contributed by atoms with Gasteiger partial charge in [-0.2, -0.15) is 0 Å². The van der Waals surface area contributed by atoms with Gasteiger partial charge in [0, 0.05) is 0 Å². The molecule has 2 aliphatic rings. The summed E-state index contributed by atoms with van der Waals surface area (Å²) in [6, 6.07) is 8.50. The maximum atomic E-state index is 14.6. The summed E-state index contributed by atoms with van der Waals surface area (Å²) in [4.78, 5) is 0. The van der Waals surface area contributed by atoms with Crippen molar-refractivity contribution in [2.45, 2.75) is 83.5 Å². The Morgan fingerprint density at radius 1 is 0.857 bits per heavy atom. The monoisotopic (exact) mass is 384 g/mol. The Hall–Kier alpha value is -1.44. The largest absolute Gasteiger partial charge is 0.206 e. The summed E-state index contributed by atoms with van der Waals surface area (Å²) in [6.45, 7) is 2.28. The molecule has 152 valence electrons. The van der Waals surface area contributed by atoms with E-state index in [2.05, 4.69) is 6.92 Å². The first kappa shape index (κ1) is 19.9. The van der Waals surface area contributed by atoms with E-state index in [1.165, 1.54) is 70.3 Å². The third kappa shape index (κ3) is 4.26. The minimum absolute atomic E-state index is 0.142. The fourth-order valence-electron chi connectivity index (χ4n) is 6.00. The van der Waals surface area contributed by atoms with E-state index < -0.39 is 11.6 Å². The molecule has 0 N–H and O–H groups in total. The van der Waals surface area contributed by atoms with Gasteiger partial charge in [-0.25, -0.2) is 8.78 Å². The Morgan fingerprint density at radius 3 is 2.54 bits per heavy atom. The van der Waals surface area contributed by atoms with Crippen LogP contribution in [0.1, 0.15) is 89.0 Å². The van der Waals surface area contributed by atoms with Gasteiger partial charge in [-0.3, -0.25) is 0 Å². The molecule has 0 spiro atoms. The lowest BCUT2D eigenvalue weighted by molar-refractivity contribution is 0.113. The van der Waals surface area contributed by atoms with Crippen LogP contribution in [0.3, 0.4) is 0 Å². The quantitative estimate of drug-likeness (QED) is 0.439. The standard InChI is InChI=1S/C26H34F2/c1-2-3-4-5-7-18-10-11-20-15-21(13-12-19(20)14-18)23-16-22-8-6-9-24(27)26(22)25(28)17-23/h6,8-9,16-21H,2-5,7,10-15H2,1H3. The molecule has 0 heterocycles. The first-order valence-corrected chi connectivity index (χ1v) is 11.5. The summed E-state index contributed by atoms with van der Waals surface area (Å²) in [5.74, 6) is 2.20. The van der Waals surface area contributed by atoms with Crippen LogP contribution in [-0.2, 0) is 0 Å². The van der Waals surface area contributed by atoms with Crippen molar-refractivity contribution in [3.63, 3.8) is 0 Å². The predicted molar refractivity (Wildman–Crippen MR) is 114 cm³/mol. The van der Waals surface area contributed by atoms with Crippen molar-refractivity contribution in [1.82, 2.24) is 0 Å². The zero-order valence-corrected chi connectivity index (χ0v) is 17.2. The highest BCUT2D eigenvalue weighted by Gasteiger charge is 2.36. The van der Waals surface area contributed by atoms with Crippen LogP contribution in [0, 0.1) is 29.4 Å². The molecule has 0 nitrogen and oxygen atoms in total. The van der Waals surface area contributed by atoms with Crippen molar-refractivity contribution in [2.75, 3.05) is 0 Å². The van der Waals surface area contributed by atoms with Gasteiger partial charge in [0.1, 0.15) is 11.6 Å². The molecule has 2 saturated carbocycles. The smallest absolute Gasteiger partial charge is 0.134 e. The molecule has 2 aliphatic carbocycles. The zero-order valence-electron chi connectivity index (χ0n) is 17.2. The minimum atomic E-state index is -0.456. The summed E-state index contributed by atoms with van der Waals surface area (Å²) < 4.78 is 28.6. The molecule has 4 rings (SSSR count). The van der Waals surface area contributed by atoms with Gasteiger partial charge in [0.2, 0.25) is 0 Å². The molecule has 4 atom stereocenters. The second-order valence-electron chi connectivity index (χ2n) is 9.40. The van der Waals surface area contributed by atoms with E-state index in [4.69, 9.17) is 0 Å². The van der Waals surface area contributed by atoms with E-state index in [-0.39, 0.29) is 5.39 Å². The van der Waals surface area contributed by atoms with Crippen molar-refractivity contribution in [3.8, 4) is 0 Å². The molecular formula is C26H34F2. The van der Waals surface area contributed by atoms with E-state index in [0.29, 0.717) is 11.3 Å². The first-order valence-electron chi connectivity index (χ1n) is 11.5. The Labute approximate surface area is 168 Å². The van der Waals surface area contributed by atoms with Crippen molar-refractivity contribution < 1.29 is 8.78 Å². The molecule has 2 aromatic rings. The lowest BCUT2D eigenvalue weighted by Crippen LogP contribution is -2.30. The second-order valence-corrected chi connectivity index (χ2v) is 9.40. The number of unbranched alkanes of at least 4 members (excludes halogenated alkanes) is 3. The number of fused-ring (bicyclic) bond motifs is 2. The van der Waals surface area contributed by atoms with Crippen LogP contribution in [0.15, 0.2) is 30.3 Å². The highest BCUT2D eigenvalue weighted by molar-refractivity contribution is 5.84. The predicted octanol–water partition coefficient (Wildman–Crippen LogP) is 8.39. The average Bonchev–Trinajstić information content (AvgIpc) is 2.70. The molecule has 0 aromatic heterocycles. The summed E-state index contributed by atoms with van der Waals surface area (Å²) in [6.07, 6.45) is 14.7. The first-order chi connectivity index (χ1) is 13.7. The Morgan fingerprint density at radius 2 is 1.68 bits per heavy atom. The highest BCUT2D eigenvalue weighted by Crippen LogP contribution is 2.48. The van der Waals surface area contributed by atoms with Crippen LogP contribution in [-0.4, -0.2) is 0 Å². The SMILES string of the molecule is CCCCCCC1CCC2CC(c3cc(F)c4c(F)cccc4c3)CCC2C1. The fourth-order valence-corrected chi connectivity index (χ4v) is 6.00. The van der Waals surface area contributed by atoms with E-state index in [9.17, 15) is 8.78 Å². The maximum absolute atomic E-state index is 14.6. The number of hydrogen-bond acceptors (Lipinski definition) is 0. The maximum Gasteiger partial charge on any atom is 0.134 e. The van der Waals surface area contributed by atoms with Crippen LogP contribution in [0.25, 0.3) is 10.8 Å². The molecule has 28 heavy (non-hydrogen) atoms. The van der Waals surface area contributed by atoms with E-state index in [1.807, 2.05) is 12.1 Å². The van der Waals surface area contributed by atoms with E-state index in [0.717, 1.165) is 29.7 Å². The zero-order chi connectivity index (χ0) is 19.5. The van der Waals surface area contributed by atoms with Crippen LogP contribution < -0.4 is 0 Å². The Balaban J connectivity index is 1.39. The van der Waals surface area contributed by atoms with Gasteiger partial charge in [-0.1, -0.05) is 63.6 Å². The van der Waals surface area contributed by atoms with Gasteiger partial charge in [-0.05, 0) is 78.9 Å². The van der Waals surface area contributed by atoms with Crippen LogP contribution >= 0.6 is 0 Å². The average molecular weight is 385 g/mol. The third-order valence-corrected chi connectivity index (χ3v) is 7.56. The number of halogens is 2. The Bertz CT molecular complexity index is 796. The lowest BCUT2D eigenvalue weighted by Gasteiger charge is -2.42. The second kappa shape index (κ2) is 8.93. The van der Waals surface area contributed by atoms with Gasteiger partial charge in [0.25, 0.3) is 0 Å². The summed E-state index contributed by atoms with van der Waals surface area (Å²) >= 11 is 0. The van der Waals surface area contributed by atoms with Crippen molar-refractivity contribution >= 4 is 10.8 Å². The van der Waals surface area contributed by atoms with Crippen molar-refractivity contribution in [3.05, 3.63) is 47.5 Å². The normalized spacial score (nSPS) is 27.7. The molecule has 2 fully saturated rings. The van der Waals surface area contributed by atoms with Crippen LogP contribution in [0.2, 0.25) is 0 Å². The summed E-state index contributed by atoms with van der Waals surface area (Å²) in [7, 11) is 0. The fraction of sp³-hybridized carbons (Fsp3) is 0.615. The molecule has 2 aromatic carbocycles. The van der Waals surface area contributed by atoms with Crippen molar-refractivity contribution in [1.29, 1.82) is 0 Å². The molecular weight excluding hydrogens is 350 g/mol. The molecule has 4 unspecified atom stereocenters. The summed E-state index contributed by atoms with van der Waals surface area (Å²) in [5, 5.41) is 0.844. The van der Waals surface area contributed by atoms with Gasteiger partial charge in [0.15, 0.2) is 0 Å². The molecule has 2 heteroatoms. The molecule has 0 radical (unpaired) electrons. The lowest BCUT2D eigenvalue weighted by atomic mass is 9.63. The molecule has 0 aliphatic heterocycles. The number of hydrogen-bond donors (Lipinski definition) is 0. The summed E-state index contributed by atoms with van der Waals surface area (Å²) in [5.41, 5.74) is 1.08. The highest BCUT2D eigenvalue weighted by atomic mass is 19.1. The molecule has 0 saturated heterocycles.